The van der Waals surface area contributed by atoms with E-state index in [-0.39, 0.29) is 0 Å². The lowest BCUT2D eigenvalue weighted by atomic mass is 9.98. The number of rotatable bonds is 6. The zero-order chi connectivity index (χ0) is 11.6. The molecule has 1 saturated carbocycles. The average Bonchev–Trinajstić information content (AvgIpc) is 2.27. The highest BCUT2D eigenvalue weighted by molar-refractivity contribution is 9.09. The molecule has 2 unspecified atom stereocenters. The van der Waals surface area contributed by atoms with E-state index in [1.165, 1.54) is 64.2 Å². The third kappa shape index (κ3) is 6.24. The van der Waals surface area contributed by atoms with Crippen LogP contribution in [0.25, 0.3) is 0 Å². The third-order valence-electron chi connectivity index (χ3n) is 3.45. The Bertz CT molecular complexity index is 161. The fraction of sp³-hybridized carbons (Fsp3) is 1.00. The first kappa shape index (κ1) is 14.5. The lowest BCUT2D eigenvalue weighted by Gasteiger charge is -2.25. The molecule has 0 aromatic carbocycles. The Kier molecular flexibility index (Phi) is 8.58. The zero-order valence-electron chi connectivity index (χ0n) is 10.7. The molecule has 0 aliphatic heterocycles. The fourth-order valence-corrected chi connectivity index (χ4v) is 3.10. The van der Waals surface area contributed by atoms with Gasteiger partial charge in [0.25, 0.3) is 0 Å². The van der Waals surface area contributed by atoms with Crippen LogP contribution in [0.3, 0.4) is 0 Å². The van der Waals surface area contributed by atoms with Crippen LogP contribution >= 0.6 is 15.9 Å². The highest BCUT2D eigenvalue weighted by atomic mass is 79.9. The molecule has 2 heteroatoms. The van der Waals surface area contributed by atoms with E-state index in [2.05, 4.69) is 22.9 Å². The average molecular weight is 291 g/mol. The summed E-state index contributed by atoms with van der Waals surface area (Å²) in [6.45, 7) is 3.22. The van der Waals surface area contributed by atoms with Crippen LogP contribution < -0.4 is 0 Å². The van der Waals surface area contributed by atoms with E-state index in [1.54, 1.807) is 0 Å². The van der Waals surface area contributed by atoms with E-state index >= 15 is 0 Å². The molecule has 0 aromatic rings. The van der Waals surface area contributed by atoms with Gasteiger partial charge in [0, 0.05) is 11.4 Å². The molecule has 1 nitrogen and oxygen atoms in total. The van der Waals surface area contributed by atoms with Crippen LogP contribution in [-0.2, 0) is 4.74 Å². The van der Waals surface area contributed by atoms with Gasteiger partial charge in [-0.15, -0.1) is 0 Å². The summed E-state index contributed by atoms with van der Waals surface area (Å²) in [6.07, 6.45) is 13.8. The Labute approximate surface area is 109 Å². The van der Waals surface area contributed by atoms with Gasteiger partial charge in [0.1, 0.15) is 0 Å². The number of unbranched alkanes of at least 4 members (excludes halogenated alkanes) is 3. The first-order chi connectivity index (χ1) is 7.84. The zero-order valence-corrected chi connectivity index (χ0v) is 12.3. The summed E-state index contributed by atoms with van der Waals surface area (Å²) in [5.41, 5.74) is 0. The van der Waals surface area contributed by atoms with E-state index < -0.39 is 0 Å². The van der Waals surface area contributed by atoms with E-state index in [1.807, 2.05) is 0 Å². The molecule has 2 atom stereocenters. The molecule has 16 heavy (non-hydrogen) atoms. The molecule has 0 aromatic heterocycles. The van der Waals surface area contributed by atoms with Gasteiger partial charge in [0.2, 0.25) is 0 Å². The summed E-state index contributed by atoms with van der Waals surface area (Å²) in [4.78, 5) is 0.596. The predicted molar refractivity (Wildman–Crippen MR) is 74.3 cm³/mol. The molecule has 0 N–H and O–H groups in total. The Hall–Kier alpha value is 0.440. The molecular weight excluding hydrogens is 264 g/mol. The van der Waals surface area contributed by atoms with Crippen molar-refractivity contribution in [3.05, 3.63) is 0 Å². The molecule has 0 amide bonds. The third-order valence-corrected chi connectivity index (χ3v) is 4.50. The summed E-state index contributed by atoms with van der Waals surface area (Å²) in [7, 11) is 0. The molecule has 0 spiro atoms. The van der Waals surface area contributed by atoms with Crippen molar-refractivity contribution in [2.45, 2.75) is 82.1 Å². The lowest BCUT2D eigenvalue weighted by molar-refractivity contribution is 0.0387. The summed E-state index contributed by atoms with van der Waals surface area (Å²) >= 11 is 3.80. The van der Waals surface area contributed by atoms with Gasteiger partial charge in [-0.2, -0.15) is 0 Å². The second kappa shape index (κ2) is 9.47. The predicted octanol–water partition coefficient (Wildman–Crippen LogP) is 5.07. The minimum atomic E-state index is 0.474. The van der Waals surface area contributed by atoms with Gasteiger partial charge in [-0.25, -0.2) is 0 Å². The van der Waals surface area contributed by atoms with Gasteiger partial charge in [0.05, 0.1) is 6.10 Å². The van der Waals surface area contributed by atoms with Gasteiger partial charge in [-0.05, 0) is 19.3 Å². The Morgan fingerprint density at radius 1 is 1.00 bits per heavy atom. The fourth-order valence-electron chi connectivity index (χ4n) is 2.36. The van der Waals surface area contributed by atoms with Crippen LogP contribution in [0.1, 0.15) is 71.1 Å². The maximum Gasteiger partial charge on any atom is 0.0700 e. The van der Waals surface area contributed by atoms with E-state index in [0.717, 1.165) is 6.61 Å². The minimum absolute atomic E-state index is 0.474. The topological polar surface area (TPSA) is 9.23 Å². The maximum absolute atomic E-state index is 6.03. The van der Waals surface area contributed by atoms with Crippen molar-refractivity contribution in [3.63, 3.8) is 0 Å². The molecule has 1 aliphatic carbocycles. The van der Waals surface area contributed by atoms with Crippen molar-refractivity contribution in [2.75, 3.05) is 6.61 Å². The molecule has 1 aliphatic rings. The number of hydrogen-bond acceptors (Lipinski definition) is 1. The molecule has 1 rings (SSSR count). The molecular formula is C14H27BrO. The molecule has 0 bridgehead atoms. The maximum atomic E-state index is 6.03. The van der Waals surface area contributed by atoms with Crippen molar-refractivity contribution in [3.8, 4) is 0 Å². The number of halogens is 1. The largest absolute Gasteiger partial charge is 0.377 e. The van der Waals surface area contributed by atoms with Gasteiger partial charge in [-0.3, -0.25) is 0 Å². The van der Waals surface area contributed by atoms with Crippen molar-refractivity contribution >= 4 is 15.9 Å². The standard InChI is InChI=1S/C14H27BrO/c1-2-3-4-9-12-16-14-11-8-6-5-7-10-13(14)15/h13-14H,2-12H2,1H3. The molecule has 0 saturated heterocycles. The highest BCUT2D eigenvalue weighted by Crippen LogP contribution is 2.25. The summed E-state index contributed by atoms with van der Waals surface area (Å²) < 4.78 is 6.03. The first-order valence-electron chi connectivity index (χ1n) is 7.10. The van der Waals surface area contributed by atoms with Crippen LogP contribution in [0.2, 0.25) is 0 Å². The van der Waals surface area contributed by atoms with Crippen LogP contribution in [0.4, 0.5) is 0 Å². The van der Waals surface area contributed by atoms with Gasteiger partial charge < -0.3 is 4.74 Å². The molecule has 0 radical (unpaired) electrons. The Morgan fingerprint density at radius 2 is 1.75 bits per heavy atom. The Morgan fingerprint density at radius 3 is 2.50 bits per heavy atom. The van der Waals surface area contributed by atoms with Crippen molar-refractivity contribution in [2.24, 2.45) is 0 Å². The second-order valence-electron chi connectivity index (χ2n) is 4.98. The van der Waals surface area contributed by atoms with Crippen molar-refractivity contribution in [1.29, 1.82) is 0 Å². The Balaban J connectivity index is 2.11. The number of ether oxygens (including phenoxy) is 1. The lowest BCUT2D eigenvalue weighted by Crippen LogP contribution is -2.26. The molecule has 1 fully saturated rings. The number of alkyl halides is 1. The van der Waals surface area contributed by atoms with Crippen molar-refractivity contribution in [1.82, 2.24) is 0 Å². The van der Waals surface area contributed by atoms with Crippen LogP contribution in [0.15, 0.2) is 0 Å². The van der Waals surface area contributed by atoms with E-state index in [0.29, 0.717) is 10.9 Å². The van der Waals surface area contributed by atoms with Crippen LogP contribution in [0, 0.1) is 0 Å². The summed E-state index contributed by atoms with van der Waals surface area (Å²) in [5, 5.41) is 0. The minimum Gasteiger partial charge on any atom is -0.377 e. The summed E-state index contributed by atoms with van der Waals surface area (Å²) in [6, 6.07) is 0. The highest BCUT2D eigenvalue weighted by Gasteiger charge is 2.20. The van der Waals surface area contributed by atoms with Crippen LogP contribution in [0.5, 0.6) is 0 Å². The van der Waals surface area contributed by atoms with Crippen molar-refractivity contribution < 1.29 is 4.74 Å². The monoisotopic (exact) mass is 290 g/mol. The smallest absolute Gasteiger partial charge is 0.0700 e. The van der Waals surface area contributed by atoms with Gasteiger partial charge in [-0.1, -0.05) is 67.8 Å². The molecule has 96 valence electrons. The number of hydrogen-bond donors (Lipinski definition) is 0. The van der Waals surface area contributed by atoms with E-state index in [4.69, 9.17) is 4.74 Å². The quantitative estimate of drug-likeness (QED) is 0.490. The first-order valence-corrected chi connectivity index (χ1v) is 8.02. The van der Waals surface area contributed by atoms with Gasteiger partial charge >= 0.3 is 0 Å². The second-order valence-corrected chi connectivity index (χ2v) is 6.15. The normalized spacial score (nSPS) is 27.4. The summed E-state index contributed by atoms with van der Waals surface area (Å²) in [5.74, 6) is 0. The van der Waals surface area contributed by atoms with Gasteiger partial charge in [0.15, 0.2) is 0 Å². The SMILES string of the molecule is CCCCCCOC1CCCCCCC1Br. The molecule has 0 heterocycles. The van der Waals surface area contributed by atoms with E-state index in [9.17, 15) is 0 Å². The van der Waals surface area contributed by atoms with Crippen LogP contribution in [-0.4, -0.2) is 17.5 Å².